The Morgan fingerprint density at radius 1 is 1.62 bits per heavy atom. The molecule has 2 N–H and O–H groups in total. The van der Waals surface area contributed by atoms with Gasteiger partial charge in [-0.1, -0.05) is 6.08 Å². The van der Waals surface area contributed by atoms with Crippen LogP contribution in [0, 0.1) is 6.92 Å². The number of rotatable bonds is 6. The normalized spacial score (nSPS) is 15.7. The lowest BCUT2D eigenvalue weighted by Crippen LogP contribution is -2.25. The van der Waals surface area contributed by atoms with E-state index in [2.05, 4.69) is 17.5 Å². The molecule has 1 aliphatic carbocycles. The topological polar surface area (TPSA) is 42.4 Å². The molecule has 3 heteroatoms. The number of nitrogens with two attached hydrogens (primary N) is 1. The molecule has 0 radical (unpaired) electrons. The van der Waals surface area contributed by atoms with Gasteiger partial charge in [0.15, 0.2) is 0 Å². The number of furan rings is 1. The summed E-state index contributed by atoms with van der Waals surface area (Å²) in [4.78, 5) is 2.45. The van der Waals surface area contributed by atoms with Crippen LogP contribution in [0.25, 0.3) is 0 Å². The summed E-state index contributed by atoms with van der Waals surface area (Å²) in [5.74, 6) is 1.87. The van der Waals surface area contributed by atoms with Crippen LogP contribution in [-0.2, 0) is 13.1 Å². The van der Waals surface area contributed by atoms with Gasteiger partial charge in [0, 0.05) is 24.7 Å². The van der Waals surface area contributed by atoms with E-state index in [-0.39, 0.29) is 0 Å². The molecule has 0 amide bonds. The zero-order valence-corrected chi connectivity index (χ0v) is 9.91. The molecule has 0 saturated heterocycles. The Hall–Kier alpha value is -1.06. The molecule has 0 unspecified atom stereocenters. The maximum atomic E-state index is 5.57. The first-order valence-electron chi connectivity index (χ1n) is 5.87. The average Bonchev–Trinajstić information content (AvgIpc) is 3.05. The predicted octanol–water partition coefficient (Wildman–Crippen LogP) is 2.20. The first-order chi connectivity index (χ1) is 7.74. The van der Waals surface area contributed by atoms with E-state index < -0.39 is 0 Å². The van der Waals surface area contributed by atoms with Crippen molar-refractivity contribution in [3.05, 3.63) is 35.8 Å². The molecular formula is C13H20N2O. The lowest BCUT2D eigenvalue weighted by Gasteiger charge is -2.19. The summed E-state index contributed by atoms with van der Waals surface area (Å²) in [7, 11) is 0. The van der Waals surface area contributed by atoms with Crippen molar-refractivity contribution in [3.8, 4) is 0 Å². The summed E-state index contributed by atoms with van der Waals surface area (Å²) in [6, 6.07) is 2.82. The highest BCUT2D eigenvalue weighted by Crippen LogP contribution is 2.29. The molecule has 1 heterocycles. The van der Waals surface area contributed by atoms with E-state index >= 15 is 0 Å². The number of hydrogen-bond acceptors (Lipinski definition) is 3. The fourth-order valence-electron chi connectivity index (χ4n) is 2.01. The van der Waals surface area contributed by atoms with Crippen molar-refractivity contribution in [1.82, 2.24) is 4.90 Å². The van der Waals surface area contributed by atoms with Gasteiger partial charge < -0.3 is 10.2 Å². The van der Waals surface area contributed by atoms with E-state index in [0.29, 0.717) is 6.54 Å². The summed E-state index contributed by atoms with van der Waals surface area (Å²) < 4.78 is 5.57. The van der Waals surface area contributed by atoms with Gasteiger partial charge in [0.1, 0.15) is 11.5 Å². The third-order valence-electron chi connectivity index (χ3n) is 3.07. The van der Waals surface area contributed by atoms with Crippen LogP contribution in [0.1, 0.15) is 29.9 Å². The molecular weight excluding hydrogens is 200 g/mol. The zero-order chi connectivity index (χ0) is 11.5. The van der Waals surface area contributed by atoms with Crippen molar-refractivity contribution in [2.24, 2.45) is 5.73 Å². The predicted molar refractivity (Wildman–Crippen MR) is 65.0 cm³/mol. The highest BCUT2D eigenvalue weighted by Gasteiger charge is 2.28. The second-order valence-corrected chi connectivity index (χ2v) is 4.45. The Morgan fingerprint density at radius 2 is 2.38 bits per heavy atom. The molecule has 1 saturated carbocycles. The molecule has 1 aliphatic rings. The fourth-order valence-corrected chi connectivity index (χ4v) is 2.01. The maximum absolute atomic E-state index is 5.57. The standard InChI is InChI=1S/C13H20N2O/c1-3-6-15(12-4-5-12)9-11-7-13(8-14)16-10(11)2/h3,7,12H,1,4-6,8-9,14H2,2H3. The average molecular weight is 220 g/mol. The van der Waals surface area contributed by atoms with Crippen LogP contribution >= 0.6 is 0 Å². The van der Waals surface area contributed by atoms with Gasteiger partial charge in [0.25, 0.3) is 0 Å². The second kappa shape index (κ2) is 4.85. The van der Waals surface area contributed by atoms with Gasteiger partial charge in [0.2, 0.25) is 0 Å². The third kappa shape index (κ3) is 2.54. The maximum Gasteiger partial charge on any atom is 0.118 e. The first kappa shape index (κ1) is 11.4. The molecule has 88 valence electrons. The van der Waals surface area contributed by atoms with Crippen LogP contribution in [0.2, 0.25) is 0 Å². The molecule has 1 aromatic heterocycles. The highest BCUT2D eigenvalue weighted by atomic mass is 16.3. The monoisotopic (exact) mass is 220 g/mol. The van der Waals surface area contributed by atoms with Gasteiger partial charge in [0.05, 0.1) is 6.54 Å². The minimum Gasteiger partial charge on any atom is -0.465 e. The van der Waals surface area contributed by atoms with Crippen LogP contribution in [0.4, 0.5) is 0 Å². The fraction of sp³-hybridized carbons (Fsp3) is 0.538. The Kier molecular flexibility index (Phi) is 3.46. The lowest BCUT2D eigenvalue weighted by molar-refractivity contribution is 0.282. The number of hydrogen-bond donors (Lipinski definition) is 1. The summed E-state index contributed by atoms with van der Waals surface area (Å²) in [5.41, 5.74) is 6.83. The number of aryl methyl sites for hydroxylation is 1. The van der Waals surface area contributed by atoms with Crippen LogP contribution in [0.5, 0.6) is 0 Å². The number of nitrogens with zero attached hydrogens (tertiary/aromatic N) is 1. The van der Waals surface area contributed by atoms with E-state index in [9.17, 15) is 0 Å². The Bertz CT molecular complexity index is 366. The summed E-state index contributed by atoms with van der Waals surface area (Å²) in [5, 5.41) is 0. The smallest absolute Gasteiger partial charge is 0.118 e. The van der Waals surface area contributed by atoms with Gasteiger partial charge >= 0.3 is 0 Å². The lowest BCUT2D eigenvalue weighted by atomic mass is 10.2. The second-order valence-electron chi connectivity index (χ2n) is 4.45. The Balaban J connectivity index is 2.04. The molecule has 0 bridgehead atoms. The molecule has 0 aromatic carbocycles. The Morgan fingerprint density at radius 3 is 2.88 bits per heavy atom. The largest absolute Gasteiger partial charge is 0.465 e. The summed E-state index contributed by atoms with van der Waals surface area (Å²) in [6.45, 7) is 8.20. The van der Waals surface area contributed by atoms with Gasteiger partial charge in [-0.05, 0) is 25.8 Å². The van der Waals surface area contributed by atoms with Crippen molar-refractivity contribution in [2.45, 2.75) is 38.9 Å². The summed E-state index contributed by atoms with van der Waals surface area (Å²) >= 11 is 0. The van der Waals surface area contributed by atoms with E-state index in [1.54, 1.807) is 0 Å². The quantitative estimate of drug-likeness (QED) is 0.747. The van der Waals surface area contributed by atoms with Crippen molar-refractivity contribution < 1.29 is 4.42 Å². The molecule has 0 spiro atoms. The molecule has 0 atom stereocenters. The van der Waals surface area contributed by atoms with Crippen molar-refractivity contribution in [2.75, 3.05) is 6.54 Å². The Labute approximate surface area is 96.9 Å². The first-order valence-corrected chi connectivity index (χ1v) is 5.87. The molecule has 1 fully saturated rings. The van der Waals surface area contributed by atoms with Gasteiger partial charge in [-0.25, -0.2) is 0 Å². The highest BCUT2D eigenvalue weighted by molar-refractivity contribution is 5.21. The van der Waals surface area contributed by atoms with E-state index in [0.717, 1.165) is 30.7 Å². The SMILES string of the molecule is C=CCN(Cc1cc(CN)oc1C)C1CC1. The van der Waals surface area contributed by atoms with Gasteiger partial charge in [-0.3, -0.25) is 4.90 Å². The van der Waals surface area contributed by atoms with E-state index in [1.165, 1.54) is 18.4 Å². The molecule has 1 aromatic rings. The molecule has 3 nitrogen and oxygen atoms in total. The van der Waals surface area contributed by atoms with Crippen LogP contribution in [-0.4, -0.2) is 17.5 Å². The minimum absolute atomic E-state index is 0.478. The molecule has 0 aliphatic heterocycles. The molecule has 16 heavy (non-hydrogen) atoms. The van der Waals surface area contributed by atoms with E-state index in [4.69, 9.17) is 10.2 Å². The zero-order valence-electron chi connectivity index (χ0n) is 9.91. The van der Waals surface area contributed by atoms with E-state index in [1.807, 2.05) is 13.0 Å². The van der Waals surface area contributed by atoms with Gasteiger partial charge in [-0.15, -0.1) is 6.58 Å². The van der Waals surface area contributed by atoms with Gasteiger partial charge in [-0.2, -0.15) is 0 Å². The van der Waals surface area contributed by atoms with Crippen LogP contribution < -0.4 is 5.73 Å². The van der Waals surface area contributed by atoms with Crippen molar-refractivity contribution >= 4 is 0 Å². The molecule has 2 rings (SSSR count). The van der Waals surface area contributed by atoms with Crippen LogP contribution in [0.3, 0.4) is 0 Å². The third-order valence-corrected chi connectivity index (χ3v) is 3.07. The summed E-state index contributed by atoms with van der Waals surface area (Å²) in [6.07, 6.45) is 4.60. The van der Waals surface area contributed by atoms with Crippen molar-refractivity contribution in [1.29, 1.82) is 0 Å². The van der Waals surface area contributed by atoms with Crippen LogP contribution in [0.15, 0.2) is 23.1 Å². The minimum atomic E-state index is 0.478. The van der Waals surface area contributed by atoms with Crippen molar-refractivity contribution in [3.63, 3.8) is 0 Å².